The normalized spacial score (nSPS) is 15.6. The first kappa shape index (κ1) is 21.0. The number of aromatic nitrogens is 3. The quantitative estimate of drug-likeness (QED) is 0.301. The highest BCUT2D eigenvalue weighted by Crippen LogP contribution is 2.39. The molecular formula is C28H29N3O3. The molecule has 6 heteroatoms. The smallest absolute Gasteiger partial charge is 0.274 e. The van der Waals surface area contributed by atoms with Gasteiger partial charge in [-0.1, -0.05) is 63.8 Å². The lowest BCUT2D eigenvalue weighted by Crippen LogP contribution is -2.13. The van der Waals surface area contributed by atoms with Crippen molar-refractivity contribution in [2.24, 2.45) is 0 Å². The number of aromatic amines is 2. The first-order chi connectivity index (χ1) is 16.5. The topological polar surface area (TPSA) is 83.8 Å². The Labute approximate surface area is 196 Å². The molecule has 2 aromatic carbocycles. The lowest BCUT2D eigenvalue weighted by atomic mass is 9.97. The average Bonchev–Trinajstić information content (AvgIpc) is 3.20. The molecule has 6 rings (SSSR count). The van der Waals surface area contributed by atoms with Gasteiger partial charge in [0.2, 0.25) is 0 Å². The molecule has 1 aliphatic carbocycles. The van der Waals surface area contributed by atoms with Gasteiger partial charge in [-0.25, -0.2) is 0 Å². The molecule has 6 nitrogen and oxygen atoms in total. The molecule has 34 heavy (non-hydrogen) atoms. The summed E-state index contributed by atoms with van der Waals surface area (Å²) in [6.07, 6.45) is 6.92. The second kappa shape index (κ2) is 8.05. The minimum Gasteiger partial charge on any atom is -0.454 e. The molecule has 0 atom stereocenters. The average molecular weight is 456 g/mol. The monoisotopic (exact) mass is 455 g/mol. The lowest BCUT2D eigenvalue weighted by Gasteiger charge is -2.17. The molecule has 1 saturated carbocycles. The molecule has 0 bridgehead atoms. The Morgan fingerprint density at radius 1 is 0.971 bits per heavy atom. The van der Waals surface area contributed by atoms with Crippen molar-refractivity contribution >= 4 is 33.1 Å². The molecule has 0 spiro atoms. The molecule has 2 N–H and O–H groups in total. The third kappa shape index (κ3) is 3.31. The molecule has 1 fully saturated rings. The van der Waals surface area contributed by atoms with Crippen LogP contribution >= 0.6 is 0 Å². The van der Waals surface area contributed by atoms with E-state index < -0.39 is 0 Å². The largest absolute Gasteiger partial charge is 0.454 e. The summed E-state index contributed by atoms with van der Waals surface area (Å²) in [5.74, 6) is 0.416. The van der Waals surface area contributed by atoms with Gasteiger partial charge in [-0.15, -0.1) is 0 Å². The second-order valence-corrected chi connectivity index (χ2v) is 9.92. The summed E-state index contributed by atoms with van der Waals surface area (Å²) in [5, 5.41) is 4.60. The molecular weight excluding hydrogens is 426 g/mol. The van der Waals surface area contributed by atoms with Gasteiger partial charge >= 0.3 is 0 Å². The van der Waals surface area contributed by atoms with E-state index in [1.165, 1.54) is 37.3 Å². The van der Waals surface area contributed by atoms with Crippen molar-refractivity contribution in [3.8, 4) is 11.1 Å². The van der Waals surface area contributed by atoms with Crippen molar-refractivity contribution < 1.29 is 4.42 Å². The van der Waals surface area contributed by atoms with E-state index in [2.05, 4.69) is 52.9 Å². The van der Waals surface area contributed by atoms with Crippen LogP contribution in [0.2, 0.25) is 0 Å². The van der Waals surface area contributed by atoms with Crippen molar-refractivity contribution in [3.63, 3.8) is 0 Å². The summed E-state index contributed by atoms with van der Waals surface area (Å²) < 4.78 is 8.29. The number of pyridine rings is 1. The van der Waals surface area contributed by atoms with Crippen molar-refractivity contribution in [1.82, 2.24) is 14.8 Å². The van der Waals surface area contributed by atoms with Gasteiger partial charge in [0, 0.05) is 17.0 Å². The van der Waals surface area contributed by atoms with Crippen LogP contribution in [0.25, 0.3) is 44.2 Å². The number of H-pyrrole nitrogens is 2. The van der Waals surface area contributed by atoms with E-state index in [4.69, 9.17) is 4.42 Å². The fourth-order valence-electron chi connectivity index (χ4n) is 5.51. The van der Waals surface area contributed by atoms with E-state index in [0.717, 1.165) is 40.5 Å². The lowest BCUT2D eigenvalue weighted by molar-refractivity contribution is 0.413. The molecule has 5 aromatic rings. The van der Waals surface area contributed by atoms with Gasteiger partial charge in [0.15, 0.2) is 11.0 Å². The summed E-state index contributed by atoms with van der Waals surface area (Å²) in [4.78, 5) is 29.0. The molecule has 0 aliphatic heterocycles. The number of benzene rings is 2. The number of rotatable bonds is 3. The molecule has 0 amide bonds. The van der Waals surface area contributed by atoms with Gasteiger partial charge in [0.05, 0.1) is 16.9 Å². The number of fused-ring (bicyclic) bond motifs is 4. The predicted molar refractivity (Wildman–Crippen MR) is 137 cm³/mol. The predicted octanol–water partition coefficient (Wildman–Crippen LogP) is 6.60. The van der Waals surface area contributed by atoms with Gasteiger partial charge in [-0.2, -0.15) is 0 Å². The van der Waals surface area contributed by atoms with Crippen LogP contribution < -0.4 is 11.0 Å². The van der Waals surface area contributed by atoms with Crippen LogP contribution in [0.4, 0.5) is 0 Å². The van der Waals surface area contributed by atoms with Crippen molar-refractivity contribution in [2.45, 2.75) is 64.3 Å². The summed E-state index contributed by atoms with van der Waals surface area (Å²) >= 11 is 0. The Bertz CT molecular complexity index is 1620. The summed E-state index contributed by atoms with van der Waals surface area (Å²) in [6.45, 7) is 4.33. The molecule has 0 unspecified atom stereocenters. The maximum atomic E-state index is 13.4. The van der Waals surface area contributed by atoms with Crippen LogP contribution in [0.15, 0.2) is 56.5 Å². The number of nitrogens with one attached hydrogen (secondary N) is 2. The van der Waals surface area contributed by atoms with Crippen LogP contribution in [0.1, 0.15) is 69.9 Å². The summed E-state index contributed by atoms with van der Waals surface area (Å²) in [5.41, 5.74) is 5.47. The van der Waals surface area contributed by atoms with E-state index in [-0.39, 0.29) is 17.0 Å². The van der Waals surface area contributed by atoms with Crippen LogP contribution in [0.3, 0.4) is 0 Å². The summed E-state index contributed by atoms with van der Waals surface area (Å²) in [6, 6.07) is 13.5. The molecule has 3 aromatic heterocycles. The molecule has 1 aliphatic rings. The van der Waals surface area contributed by atoms with Crippen LogP contribution in [-0.2, 0) is 0 Å². The number of nitrogens with zero attached hydrogens (tertiary/aromatic N) is 1. The first-order valence-corrected chi connectivity index (χ1v) is 12.3. The van der Waals surface area contributed by atoms with E-state index in [9.17, 15) is 9.59 Å². The van der Waals surface area contributed by atoms with Crippen LogP contribution in [-0.4, -0.2) is 14.8 Å². The molecule has 174 valence electrons. The molecule has 3 heterocycles. The van der Waals surface area contributed by atoms with Gasteiger partial charge < -0.3 is 9.40 Å². The number of hydrogen-bond donors (Lipinski definition) is 2. The zero-order chi connectivity index (χ0) is 23.4. The van der Waals surface area contributed by atoms with Crippen molar-refractivity contribution in [1.29, 1.82) is 0 Å². The Morgan fingerprint density at radius 2 is 1.71 bits per heavy atom. The third-order valence-corrected chi connectivity index (χ3v) is 7.36. The minimum atomic E-state index is -0.120. The van der Waals surface area contributed by atoms with Gasteiger partial charge in [-0.3, -0.25) is 19.4 Å². The number of furan rings is 1. The molecule has 0 saturated heterocycles. The highest BCUT2D eigenvalue weighted by molar-refractivity contribution is 6.14. The van der Waals surface area contributed by atoms with Crippen molar-refractivity contribution in [3.05, 3.63) is 68.6 Å². The fraction of sp³-hybridized carbons (Fsp3) is 0.357. The van der Waals surface area contributed by atoms with E-state index in [1.807, 2.05) is 0 Å². The molecule has 0 radical (unpaired) electrons. The maximum absolute atomic E-state index is 13.4. The summed E-state index contributed by atoms with van der Waals surface area (Å²) in [7, 11) is 0. The van der Waals surface area contributed by atoms with Crippen molar-refractivity contribution in [2.75, 3.05) is 0 Å². The second-order valence-electron chi connectivity index (χ2n) is 9.92. The standard InChI is InChI=1S/C28H29N3O3/c1-16(2)17-9-11-18(12-10-17)23-24-27(31(30-28(24)33)19-7-5-3-4-6-8-19)29-25-21-14-13-20(32)15-22(21)34-26(23)25/h9-16,19,29H,3-8H2,1-2H3,(H,30,33). The Balaban J connectivity index is 1.70. The zero-order valence-electron chi connectivity index (χ0n) is 19.6. The first-order valence-electron chi connectivity index (χ1n) is 12.3. The zero-order valence-corrected chi connectivity index (χ0v) is 19.6. The maximum Gasteiger partial charge on any atom is 0.274 e. The van der Waals surface area contributed by atoms with Gasteiger partial charge in [-0.05, 0) is 42.0 Å². The van der Waals surface area contributed by atoms with E-state index >= 15 is 0 Å². The minimum absolute atomic E-state index is 0.0974. The SMILES string of the molecule is CC(C)c1ccc(-c2c3oc4cc(=O)ccc4c3[nH]c3c2c(=O)[nH]n3C2CCCCCC2)cc1. The van der Waals surface area contributed by atoms with E-state index in [0.29, 0.717) is 22.5 Å². The highest BCUT2D eigenvalue weighted by atomic mass is 16.3. The van der Waals surface area contributed by atoms with Gasteiger partial charge in [0.1, 0.15) is 11.2 Å². The van der Waals surface area contributed by atoms with Crippen LogP contribution in [0.5, 0.6) is 0 Å². The third-order valence-electron chi connectivity index (χ3n) is 7.36. The Morgan fingerprint density at radius 3 is 2.41 bits per heavy atom. The van der Waals surface area contributed by atoms with Gasteiger partial charge in [0.25, 0.3) is 5.56 Å². The highest BCUT2D eigenvalue weighted by Gasteiger charge is 2.25. The Kier molecular flexibility index (Phi) is 4.97. The van der Waals surface area contributed by atoms with E-state index in [1.54, 1.807) is 12.1 Å². The van der Waals surface area contributed by atoms with Crippen LogP contribution in [0, 0.1) is 0 Å². The fourth-order valence-corrected chi connectivity index (χ4v) is 5.51. The Hall–Kier alpha value is -3.54. The number of hydrogen-bond acceptors (Lipinski definition) is 3.